The normalized spacial score (nSPS) is 11.3. The van der Waals surface area contributed by atoms with Crippen LogP contribution in [0.4, 0.5) is 0 Å². The van der Waals surface area contributed by atoms with Crippen LogP contribution in [0.5, 0.6) is 0 Å². The van der Waals surface area contributed by atoms with E-state index in [0.29, 0.717) is 5.56 Å². The number of sulfonamides is 1. The highest BCUT2D eigenvalue weighted by Crippen LogP contribution is 2.21. The molecule has 2 rings (SSSR count). The minimum absolute atomic E-state index is 0.0726. The first-order chi connectivity index (χ1) is 9.90. The quantitative estimate of drug-likeness (QED) is 0.820. The number of rotatable bonds is 5. The van der Waals surface area contributed by atoms with Gasteiger partial charge in [0.2, 0.25) is 10.0 Å². The first kappa shape index (κ1) is 15.9. The third kappa shape index (κ3) is 4.01. The summed E-state index contributed by atoms with van der Waals surface area (Å²) in [5.74, 6) is 0. The molecule has 0 bridgehead atoms. The maximum absolute atomic E-state index is 12.2. The molecular formula is C14H13ClN2O2S2. The Hall–Kier alpha value is -1.47. The van der Waals surface area contributed by atoms with E-state index >= 15 is 0 Å². The van der Waals surface area contributed by atoms with Gasteiger partial charge in [0.25, 0.3) is 0 Å². The summed E-state index contributed by atoms with van der Waals surface area (Å²) in [6, 6.07) is 13.5. The summed E-state index contributed by atoms with van der Waals surface area (Å²) in [6.45, 7) is 0.206. The van der Waals surface area contributed by atoms with Gasteiger partial charge in [-0.3, -0.25) is 0 Å². The average Bonchev–Trinajstić information content (AvgIpc) is 2.46. The van der Waals surface area contributed by atoms with E-state index in [4.69, 9.17) is 29.6 Å². The summed E-state index contributed by atoms with van der Waals surface area (Å²) < 4.78 is 26.9. The second kappa shape index (κ2) is 6.53. The molecule has 21 heavy (non-hydrogen) atoms. The molecule has 0 radical (unpaired) electrons. The van der Waals surface area contributed by atoms with Gasteiger partial charge in [0.1, 0.15) is 4.99 Å². The van der Waals surface area contributed by atoms with Gasteiger partial charge >= 0.3 is 0 Å². The first-order valence-corrected chi connectivity index (χ1v) is 8.30. The van der Waals surface area contributed by atoms with Crippen molar-refractivity contribution in [2.75, 3.05) is 0 Å². The van der Waals surface area contributed by atoms with Gasteiger partial charge in [-0.25, -0.2) is 13.1 Å². The highest BCUT2D eigenvalue weighted by Gasteiger charge is 2.16. The molecule has 0 saturated heterocycles. The Balaban J connectivity index is 2.20. The molecule has 0 aliphatic heterocycles. The molecule has 0 fully saturated rings. The van der Waals surface area contributed by atoms with Crippen LogP contribution in [0.25, 0.3) is 0 Å². The maximum atomic E-state index is 12.2. The molecule has 0 aromatic heterocycles. The van der Waals surface area contributed by atoms with E-state index < -0.39 is 10.0 Å². The molecule has 0 aliphatic carbocycles. The lowest BCUT2D eigenvalue weighted by Gasteiger charge is -2.09. The van der Waals surface area contributed by atoms with Crippen LogP contribution in [0.3, 0.4) is 0 Å². The molecular weight excluding hydrogens is 328 g/mol. The Labute approximate surface area is 134 Å². The van der Waals surface area contributed by atoms with Crippen LogP contribution in [-0.4, -0.2) is 13.4 Å². The van der Waals surface area contributed by atoms with Crippen molar-refractivity contribution in [3.63, 3.8) is 0 Å². The van der Waals surface area contributed by atoms with Gasteiger partial charge in [-0.15, -0.1) is 0 Å². The number of thiocarbonyl (C=S) groups is 1. The van der Waals surface area contributed by atoms with Crippen LogP contribution in [0, 0.1) is 0 Å². The number of hydrogen-bond acceptors (Lipinski definition) is 3. The number of benzene rings is 2. The molecule has 0 spiro atoms. The second-order valence-electron chi connectivity index (χ2n) is 4.32. The van der Waals surface area contributed by atoms with Crippen LogP contribution in [0.2, 0.25) is 5.02 Å². The van der Waals surface area contributed by atoms with Gasteiger partial charge < -0.3 is 5.73 Å². The van der Waals surface area contributed by atoms with Gasteiger partial charge in [-0.05, 0) is 23.8 Å². The molecule has 4 nitrogen and oxygen atoms in total. The zero-order chi connectivity index (χ0) is 15.5. The Morgan fingerprint density at radius 3 is 2.43 bits per heavy atom. The fourth-order valence-electron chi connectivity index (χ4n) is 1.72. The Morgan fingerprint density at radius 2 is 1.86 bits per heavy atom. The van der Waals surface area contributed by atoms with Crippen molar-refractivity contribution in [3.8, 4) is 0 Å². The standard InChI is InChI=1S/C14H13ClN2O2S2/c15-13-8-11(6-7-12(13)14(16)20)21(18,19)17-9-10-4-2-1-3-5-10/h1-8,17H,9H2,(H2,16,20). The van der Waals surface area contributed by atoms with Crippen molar-refractivity contribution < 1.29 is 8.42 Å². The molecule has 2 aromatic rings. The van der Waals surface area contributed by atoms with Gasteiger partial charge in [0.15, 0.2) is 0 Å². The van der Waals surface area contributed by atoms with Crippen LogP contribution in [-0.2, 0) is 16.6 Å². The number of nitrogens with one attached hydrogen (secondary N) is 1. The minimum atomic E-state index is -3.64. The first-order valence-electron chi connectivity index (χ1n) is 6.03. The van der Waals surface area contributed by atoms with Crippen molar-refractivity contribution in [1.29, 1.82) is 0 Å². The summed E-state index contributed by atoms with van der Waals surface area (Å²) in [4.78, 5) is 0.199. The van der Waals surface area contributed by atoms with Crippen LogP contribution >= 0.6 is 23.8 Å². The minimum Gasteiger partial charge on any atom is -0.389 e. The Kier molecular flexibility index (Phi) is 4.95. The maximum Gasteiger partial charge on any atom is 0.240 e. The third-order valence-corrected chi connectivity index (χ3v) is 4.76. The average molecular weight is 341 g/mol. The number of halogens is 1. The smallest absolute Gasteiger partial charge is 0.240 e. The molecule has 0 aliphatic rings. The Bertz CT molecular complexity index is 762. The van der Waals surface area contributed by atoms with E-state index in [0.717, 1.165) is 5.56 Å². The SMILES string of the molecule is NC(=S)c1ccc(S(=O)(=O)NCc2ccccc2)cc1Cl. The molecule has 3 N–H and O–H groups in total. The van der Waals surface area contributed by atoms with Gasteiger partial charge in [-0.2, -0.15) is 0 Å². The zero-order valence-corrected chi connectivity index (χ0v) is 13.3. The summed E-state index contributed by atoms with van der Waals surface area (Å²) in [7, 11) is -3.64. The number of nitrogens with two attached hydrogens (primary N) is 1. The highest BCUT2D eigenvalue weighted by atomic mass is 35.5. The molecule has 2 aromatic carbocycles. The largest absolute Gasteiger partial charge is 0.389 e. The van der Waals surface area contributed by atoms with E-state index in [1.54, 1.807) is 0 Å². The highest BCUT2D eigenvalue weighted by molar-refractivity contribution is 7.89. The second-order valence-corrected chi connectivity index (χ2v) is 6.93. The van der Waals surface area contributed by atoms with E-state index in [1.807, 2.05) is 30.3 Å². The van der Waals surface area contributed by atoms with Crippen molar-refractivity contribution in [3.05, 3.63) is 64.7 Å². The molecule has 0 unspecified atom stereocenters. The summed E-state index contributed by atoms with van der Waals surface area (Å²) in [5, 5.41) is 0.213. The van der Waals surface area contributed by atoms with E-state index in [9.17, 15) is 8.42 Å². The lowest BCUT2D eigenvalue weighted by Crippen LogP contribution is -2.23. The predicted octanol–water partition coefficient (Wildman–Crippen LogP) is 2.45. The van der Waals surface area contributed by atoms with Crippen molar-refractivity contribution in [2.45, 2.75) is 11.4 Å². The van der Waals surface area contributed by atoms with Crippen LogP contribution < -0.4 is 10.5 Å². The van der Waals surface area contributed by atoms with Crippen molar-refractivity contribution in [1.82, 2.24) is 4.72 Å². The fraction of sp³-hybridized carbons (Fsp3) is 0.0714. The molecule has 0 amide bonds. The van der Waals surface area contributed by atoms with E-state index in [-0.39, 0.29) is 21.5 Å². The lowest BCUT2D eigenvalue weighted by molar-refractivity contribution is 0.581. The fourth-order valence-corrected chi connectivity index (χ4v) is 3.34. The summed E-state index contributed by atoms with van der Waals surface area (Å²) in [5.41, 5.74) is 6.81. The lowest BCUT2D eigenvalue weighted by atomic mass is 10.2. The molecule has 110 valence electrons. The summed E-state index contributed by atoms with van der Waals surface area (Å²) >= 11 is 10.8. The van der Waals surface area contributed by atoms with Crippen LogP contribution in [0.1, 0.15) is 11.1 Å². The van der Waals surface area contributed by atoms with Crippen molar-refractivity contribution >= 4 is 38.8 Å². The third-order valence-electron chi connectivity index (χ3n) is 2.83. The van der Waals surface area contributed by atoms with Gasteiger partial charge in [-0.1, -0.05) is 54.2 Å². The van der Waals surface area contributed by atoms with Crippen molar-refractivity contribution in [2.24, 2.45) is 5.73 Å². The molecule has 0 atom stereocenters. The number of hydrogen-bond donors (Lipinski definition) is 2. The van der Waals surface area contributed by atoms with Gasteiger partial charge in [0, 0.05) is 12.1 Å². The van der Waals surface area contributed by atoms with Crippen LogP contribution in [0.15, 0.2) is 53.4 Å². The molecule has 0 saturated carbocycles. The zero-order valence-electron chi connectivity index (χ0n) is 10.9. The monoisotopic (exact) mass is 340 g/mol. The van der Waals surface area contributed by atoms with E-state index in [2.05, 4.69) is 4.72 Å². The Morgan fingerprint density at radius 1 is 1.19 bits per heavy atom. The summed E-state index contributed by atoms with van der Waals surface area (Å²) in [6.07, 6.45) is 0. The van der Waals surface area contributed by atoms with E-state index in [1.165, 1.54) is 18.2 Å². The topological polar surface area (TPSA) is 72.2 Å². The predicted molar refractivity (Wildman–Crippen MR) is 87.8 cm³/mol. The molecule has 7 heteroatoms. The van der Waals surface area contributed by atoms with Gasteiger partial charge in [0.05, 0.1) is 9.92 Å². The molecule has 0 heterocycles.